The molecule has 160 valence electrons. The summed E-state index contributed by atoms with van der Waals surface area (Å²) >= 11 is 0. The summed E-state index contributed by atoms with van der Waals surface area (Å²) in [7, 11) is 0. The molecule has 26 heavy (non-hydrogen) atoms. The molecule has 0 rings (SSSR count). The van der Waals surface area contributed by atoms with Crippen LogP contribution in [0.5, 0.6) is 0 Å². The van der Waals surface area contributed by atoms with E-state index in [1.165, 1.54) is 0 Å². The first kappa shape index (κ1) is 41.2. The van der Waals surface area contributed by atoms with E-state index >= 15 is 0 Å². The molecule has 0 saturated heterocycles. The van der Waals surface area contributed by atoms with Crippen LogP contribution in [0.2, 0.25) is 0 Å². The summed E-state index contributed by atoms with van der Waals surface area (Å²) < 4.78 is 0. The Morgan fingerprint density at radius 3 is 0.269 bits per heavy atom. The van der Waals surface area contributed by atoms with Crippen LogP contribution in [0.25, 0.3) is 0 Å². The predicted molar refractivity (Wildman–Crippen MR) is 124 cm³/mol. The molecule has 0 N–H and O–H groups in total. The smallest absolute Gasteiger partial charge is 0.338 e. The minimum atomic E-state index is 0. The summed E-state index contributed by atoms with van der Waals surface area (Å²) in [5, 5.41) is 0. The molecule has 0 bridgehead atoms. The van der Waals surface area contributed by atoms with Gasteiger partial charge in [-0.05, 0) is 0 Å². The standard InChI is InChI=1S/5C5H11.Ta/c5*1-5(2,3)4;/h5*1H2,2-4H3;/q5*-1;+5. The molecule has 0 aromatic heterocycles. The van der Waals surface area contributed by atoms with Gasteiger partial charge in [0.15, 0.2) is 0 Å². The summed E-state index contributed by atoms with van der Waals surface area (Å²) in [6.45, 7) is 50.0. The SMILES string of the molecule is [CH2-]C(C)(C)C.[CH2-]C(C)(C)C.[CH2-]C(C)(C)C.[CH2-]C(C)(C)C.[CH2-]C(C)(C)C.[Ta+5]. The summed E-state index contributed by atoms with van der Waals surface area (Å²) in [5.74, 6) is 0. The van der Waals surface area contributed by atoms with Gasteiger partial charge < -0.3 is 34.6 Å². The van der Waals surface area contributed by atoms with E-state index in [-0.39, 0.29) is 49.5 Å². The van der Waals surface area contributed by atoms with Crippen LogP contribution in [0.1, 0.15) is 104 Å². The first-order valence-corrected chi connectivity index (χ1v) is 9.27. The fourth-order valence-electron chi connectivity index (χ4n) is 0. The van der Waals surface area contributed by atoms with E-state index in [0.29, 0.717) is 0 Å². The van der Waals surface area contributed by atoms with E-state index in [1.807, 2.05) is 0 Å². The average molecular weight is 537 g/mol. The molecule has 0 spiro atoms. The van der Waals surface area contributed by atoms with Gasteiger partial charge in [-0.2, -0.15) is 27.1 Å². The molecule has 0 aliphatic carbocycles. The van der Waals surface area contributed by atoms with E-state index < -0.39 is 0 Å². The first-order valence-electron chi connectivity index (χ1n) is 9.27. The Morgan fingerprint density at radius 2 is 0.269 bits per heavy atom. The van der Waals surface area contributed by atoms with E-state index in [2.05, 4.69) is 138 Å². The van der Waals surface area contributed by atoms with Gasteiger partial charge >= 0.3 is 22.4 Å². The van der Waals surface area contributed by atoms with Crippen LogP contribution in [-0.4, -0.2) is 0 Å². The zero-order chi connectivity index (χ0) is 22.5. The van der Waals surface area contributed by atoms with Crippen LogP contribution in [0, 0.1) is 61.7 Å². The summed E-state index contributed by atoms with van der Waals surface area (Å²) in [6, 6.07) is 0. The molecule has 0 aliphatic heterocycles. The Bertz CT molecular complexity index is 153. The predicted octanol–water partition coefficient (Wildman–Crippen LogP) is 9.33. The van der Waals surface area contributed by atoms with Crippen LogP contribution >= 0.6 is 0 Å². The third kappa shape index (κ3) is 25400. The average Bonchev–Trinajstić information content (AvgIpc) is 1.79. The van der Waals surface area contributed by atoms with Gasteiger partial charge in [0.2, 0.25) is 0 Å². The molecular weight excluding hydrogens is 481 g/mol. The van der Waals surface area contributed by atoms with Crippen LogP contribution < -0.4 is 0 Å². The fourth-order valence-corrected chi connectivity index (χ4v) is 0. The second-order valence-electron chi connectivity index (χ2n) is 12.8. The zero-order valence-corrected chi connectivity index (χ0v) is 24.7. The van der Waals surface area contributed by atoms with Crippen LogP contribution in [-0.2, 0) is 22.4 Å². The molecule has 0 aromatic carbocycles. The van der Waals surface area contributed by atoms with E-state index in [1.54, 1.807) is 0 Å². The Labute approximate surface area is 187 Å². The maximum absolute atomic E-state index is 3.77. The largest absolute Gasteiger partial charge is 5.00 e. The van der Waals surface area contributed by atoms with Crippen molar-refractivity contribution in [1.82, 2.24) is 0 Å². The van der Waals surface area contributed by atoms with Crippen LogP contribution in [0.15, 0.2) is 0 Å². The van der Waals surface area contributed by atoms with Crippen molar-refractivity contribution in [1.29, 1.82) is 0 Å². The van der Waals surface area contributed by atoms with Crippen molar-refractivity contribution in [3.8, 4) is 0 Å². The Hall–Kier alpha value is 0.740. The van der Waals surface area contributed by atoms with Crippen molar-refractivity contribution in [2.24, 2.45) is 27.1 Å². The maximum Gasteiger partial charge on any atom is 5.00 e. The van der Waals surface area contributed by atoms with Crippen molar-refractivity contribution in [3.63, 3.8) is 0 Å². The molecule has 0 atom stereocenters. The summed E-state index contributed by atoms with van der Waals surface area (Å²) in [6.07, 6.45) is 0. The topological polar surface area (TPSA) is 0 Å². The van der Waals surface area contributed by atoms with Crippen molar-refractivity contribution < 1.29 is 22.4 Å². The van der Waals surface area contributed by atoms with Gasteiger partial charge in [0, 0.05) is 0 Å². The van der Waals surface area contributed by atoms with Crippen LogP contribution in [0.3, 0.4) is 0 Å². The van der Waals surface area contributed by atoms with Gasteiger partial charge in [-0.15, -0.1) is 0 Å². The minimum Gasteiger partial charge on any atom is -0.338 e. The van der Waals surface area contributed by atoms with Gasteiger partial charge in [-0.1, -0.05) is 104 Å². The monoisotopic (exact) mass is 536 g/mol. The number of hydrogen-bond acceptors (Lipinski definition) is 0. The second-order valence-corrected chi connectivity index (χ2v) is 12.8. The third-order valence-corrected chi connectivity index (χ3v) is 0. The zero-order valence-electron chi connectivity index (χ0n) is 21.5. The Morgan fingerprint density at radius 1 is 0.269 bits per heavy atom. The number of hydrogen-bond donors (Lipinski definition) is 0. The van der Waals surface area contributed by atoms with Gasteiger partial charge in [0.25, 0.3) is 0 Å². The summed E-state index contributed by atoms with van der Waals surface area (Å²) in [5.41, 5.74) is 1.25. The van der Waals surface area contributed by atoms with Crippen molar-refractivity contribution in [3.05, 3.63) is 34.6 Å². The molecule has 0 unspecified atom stereocenters. The molecule has 1 heteroatoms. The molecule has 0 fully saturated rings. The molecule has 0 aliphatic rings. The molecule has 0 nitrogen and oxygen atoms in total. The molecule has 0 aromatic rings. The van der Waals surface area contributed by atoms with Crippen molar-refractivity contribution >= 4 is 0 Å². The van der Waals surface area contributed by atoms with Gasteiger partial charge in [0.05, 0.1) is 0 Å². The minimum absolute atomic E-state index is 0. The van der Waals surface area contributed by atoms with Crippen molar-refractivity contribution in [2.45, 2.75) is 104 Å². The molecule has 0 heterocycles. The molecule has 0 saturated carbocycles. The van der Waals surface area contributed by atoms with Crippen LogP contribution in [0.4, 0.5) is 0 Å². The Kier molecular flexibility index (Phi) is 26.4. The molecule has 0 radical (unpaired) electrons. The molecule has 0 amide bonds. The third-order valence-electron chi connectivity index (χ3n) is 0. The van der Waals surface area contributed by atoms with Gasteiger partial charge in [-0.25, -0.2) is 0 Å². The molecular formula is C25H55Ta. The van der Waals surface area contributed by atoms with Gasteiger partial charge in [0.1, 0.15) is 0 Å². The fraction of sp³-hybridized carbons (Fsp3) is 0.800. The van der Waals surface area contributed by atoms with E-state index in [0.717, 1.165) is 0 Å². The quantitative estimate of drug-likeness (QED) is 0.271. The van der Waals surface area contributed by atoms with E-state index in [9.17, 15) is 0 Å². The second kappa shape index (κ2) is 16.7. The van der Waals surface area contributed by atoms with E-state index in [4.69, 9.17) is 0 Å². The normalized spacial score (nSPS) is 11.5. The van der Waals surface area contributed by atoms with Crippen molar-refractivity contribution in [2.75, 3.05) is 0 Å². The first-order chi connectivity index (χ1) is 10.0. The van der Waals surface area contributed by atoms with Gasteiger partial charge in [-0.3, -0.25) is 0 Å². The number of rotatable bonds is 0. The summed E-state index contributed by atoms with van der Waals surface area (Å²) in [4.78, 5) is 0. The maximum atomic E-state index is 3.77. The Balaban J connectivity index is -0.0000000476.